The lowest BCUT2D eigenvalue weighted by Crippen LogP contribution is -2.18. The topological polar surface area (TPSA) is 67.6 Å². The van der Waals surface area contributed by atoms with Crippen LogP contribution in [0, 0.1) is 5.92 Å². The maximum Gasteiger partial charge on any atom is 0.181 e. The average Bonchev–Trinajstić information content (AvgIpc) is 2.86. The third kappa shape index (κ3) is 3.07. The highest BCUT2D eigenvalue weighted by Gasteiger charge is 2.17. The second-order valence-corrected chi connectivity index (χ2v) is 6.64. The van der Waals surface area contributed by atoms with Gasteiger partial charge in [0.25, 0.3) is 0 Å². The predicted octanol–water partition coefficient (Wildman–Crippen LogP) is 3.43. The van der Waals surface area contributed by atoms with E-state index < -0.39 is 0 Å². The summed E-state index contributed by atoms with van der Waals surface area (Å²) in [7, 11) is 0. The van der Waals surface area contributed by atoms with Crippen LogP contribution in [0.3, 0.4) is 0 Å². The molecule has 4 heteroatoms. The fourth-order valence-corrected chi connectivity index (χ4v) is 1.99. The van der Waals surface area contributed by atoms with Gasteiger partial charge in [-0.25, -0.2) is 4.98 Å². The van der Waals surface area contributed by atoms with Gasteiger partial charge in [-0.1, -0.05) is 58.9 Å². The summed E-state index contributed by atoms with van der Waals surface area (Å²) in [5, 5.41) is 7.21. The number of benzene rings is 1. The van der Waals surface area contributed by atoms with E-state index in [1.165, 1.54) is 5.56 Å². The molecule has 2 aromatic rings. The predicted molar refractivity (Wildman–Crippen MR) is 82.3 cm³/mol. The van der Waals surface area contributed by atoms with Crippen molar-refractivity contribution in [2.24, 2.45) is 11.7 Å². The minimum absolute atomic E-state index is 0.106. The van der Waals surface area contributed by atoms with Crippen molar-refractivity contribution in [3.63, 3.8) is 0 Å². The first-order valence-electron chi connectivity index (χ1n) is 7.08. The van der Waals surface area contributed by atoms with E-state index in [-0.39, 0.29) is 11.5 Å². The molecule has 0 aliphatic heterocycles. The second kappa shape index (κ2) is 5.37. The molecule has 0 radical (unpaired) electrons. The first-order chi connectivity index (χ1) is 9.29. The number of hydrogen-bond acceptors (Lipinski definition) is 3. The van der Waals surface area contributed by atoms with Crippen molar-refractivity contribution in [2.75, 3.05) is 0 Å². The van der Waals surface area contributed by atoms with Crippen LogP contribution in [0.2, 0.25) is 0 Å². The minimum atomic E-state index is -0.106. The van der Waals surface area contributed by atoms with Crippen molar-refractivity contribution in [1.29, 1.82) is 0 Å². The van der Waals surface area contributed by atoms with Crippen LogP contribution in [0.5, 0.6) is 0 Å². The van der Waals surface area contributed by atoms with Gasteiger partial charge < -0.3 is 5.73 Å². The normalized spacial score (nSPS) is 13.8. The van der Waals surface area contributed by atoms with Crippen LogP contribution in [0.25, 0.3) is 11.4 Å². The summed E-state index contributed by atoms with van der Waals surface area (Å²) in [5.74, 6) is 1.78. The Morgan fingerprint density at radius 1 is 1.10 bits per heavy atom. The van der Waals surface area contributed by atoms with Crippen LogP contribution in [-0.2, 0) is 5.41 Å². The van der Waals surface area contributed by atoms with Gasteiger partial charge in [0, 0.05) is 5.56 Å². The zero-order valence-electron chi connectivity index (χ0n) is 12.9. The molecule has 1 aromatic heterocycles. The van der Waals surface area contributed by atoms with E-state index in [1.807, 2.05) is 0 Å². The van der Waals surface area contributed by atoms with E-state index in [1.54, 1.807) is 0 Å². The number of rotatable bonds is 3. The van der Waals surface area contributed by atoms with Crippen molar-refractivity contribution in [3.8, 4) is 11.4 Å². The van der Waals surface area contributed by atoms with E-state index in [2.05, 4.69) is 74.1 Å². The van der Waals surface area contributed by atoms with Gasteiger partial charge in [0.15, 0.2) is 5.82 Å². The lowest BCUT2D eigenvalue weighted by atomic mass is 9.87. The van der Waals surface area contributed by atoms with Crippen molar-refractivity contribution < 1.29 is 0 Å². The van der Waals surface area contributed by atoms with E-state index in [0.29, 0.717) is 11.7 Å². The smallest absolute Gasteiger partial charge is 0.181 e. The molecule has 1 atom stereocenters. The zero-order valence-corrected chi connectivity index (χ0v) is 12.9. The molecule has 0 unspecified atom stereocenters. The Morgan fingerprint density at radius 2 is 1.70 bits per heavy atom. The van der Waals surface area contributed by atoms with Gasteiger partial charge >= 0.3 is 0 Å². The quantitative estimate of drug-likeness (QED) is 0.899. The van der Waals surface area contributed by atoms with Gasteiger partial charge in [-0.05, 0) is 16.9 Å². The highest BCUT2D eigenvalue weighted by molar-refractivity contribution is 5.55. The van der Waals surface area contributed by atoms with Crippen LogP contribution in [0.1, 0.15) is 52.0 Å². The van der Waals surface area contributed by atoms with E-state index in [9.17, 15) is 0 Å². The van der Waals surface area contributed by atoms with E-state index in [0.717, 1.165) is 11.4 Å². The summed E-state index contributed by atoms with van der Waals surface area (Å²) in [6, 6.07) is 8.29. The van der Waals surface area contributed by atoms with Gasteiger partial charge in [0.2, 0.25) is 0 Å². The number of nitrogens with zero attached hydrogens (tertiary/aromatic N) is 2. The molecule has 0 amide bonds. The summed E-state index contributed by atoms with van der Waals surface area (Å²) in [6.07, 6.45) is 0. The van der Waals surface area contributed by atoms with Gasteiger partial charge in [0.1, 0.15) is 5.82 Å². The summed E-state index contributed by atoms with van der Waals surface area (Å²) < 4.78 is 0. The van der Waals surface area contributed by atoms with Crippen LogP contribution in [0.15, 0.2) is 24.3 Å². The van der Waals surface area contributed by atoms with Crippen LogP contribution >= 0.6 is 0 Å². The number of nitrogens with two attached hydrogens (primary N) is 1. The molecular weight excluding hydrogens is 248 g/mol. The summed E-state index contributed by atoms with van der Waals surface area (Å²) in [5.41, 5.74) is 8.54. The molecule has 1 heterocycles. The lowest BCUT2D eigenvalue weighted by molar-refractivity contribution is 0.492. The largest absolute Gasteiger partial charge is 0.321 e. The highest BCUT2D eigenvalue weighted by Crippen LogP contribution is 2.25. The summed E-state index contributed by atoms with van der Waals surface area (Å²) in [6.45, 7) is 10.8. The lowest BCUT2D eigenvalue weighted by Gasteiger charge is -2.18. The zero-order chi connectivity index (χ0) is 14.9. The fourth-order valence-electron chi connectivity index (χ4n) is 1.99. The fraction of sp³-hybridized carbons (Fsp3) is 0.500. The average molecular weight is 272 g/mol. The molecule has 108 valence electrons. The highest BCUT2D eigenvalue weighted by atomic mass is 15.2. The monoisotopic (exact) mass is 272 g/mol. The number of hydrogen-bond donors (Lipinski definition) is 2. The van der Waals surface area contributed by atoms with Crippen LogP contribution in [-0.4, -0.2) is 15.2 Å². The van der Waals surface area contributed by atoms with Gasteiger partial charge in [-0.3, -0.25) is 5.10 Å². The van der Waals surface area contributed by atoms with Crippen molar-refractivity contribution in [1.82, 2.24) is 15.2 Å². The summed E-state index contributed by atoms with van der Waals surface area (Å²) >= 11 is 0. The number of aromatic amines is 1. The molecular formula is C16H24N4. The molecule has 0 spiro atoms. The maximum atomic E-state index is 6.08. The maximum absolute atomic E-state index is 6.08. The van der Waals surface area contributed by atoms with E-state index in [4.69, 9.17) is 5.73 Å². The van der Waals surface area contributed by atoms with Crippen LogP contribution < -0.4 is 5.73 Å². The Bertz CT molecular complexity index is 561. The molecule has 0 saturated heterocycles. The Kier molecular flexibility index (Phi) is 3.95. The number of H-pyrrole nitrogens is 1. The van der Waals surface area contributed by atoms with Gasteiger partial charge in [0.05, 0.1) is 6.04 Å². The first-order valence-corrected chi connectivity index (χ1v) is 7.08. The van der Waals surface area contributed by atoms with Gasteiger partial charge in [-0.15, -0.1) is 0 Å². The Balaban J connectivity index is 2.25. The van der Waals surface area contributed by atoms with Crippen molar-refractivity contribution in [3.05, 3.63) is 35.7 Å². The number of nitrogens with one attached hydrogen (secondary N) is 1. The second-order valence-electron chi connectivity index (χ2n) is 6.64. The SMILES string of the molecule is CC(C)[C@H](N)c1nc(-c2ccc(C(C)(C)C)cc2)n[nH]1. The van der Waals surface area contributed by atoms with Crippen molar-refractivity contribution >= 4 is 0 Å². The Hall–Kier alpha value is -1.68. The molecule has 1 aromatic carbocycles. The molecule has 0 fully saturated rings. The van der Waals surface area contributed by atoms with Crippen molar-refractivity contribution in [2.45, 2.75) is 46.1 Å². The van der Waals surface area contributed by atoms with E-state index >= 15 is 0 Å². The Labute approximate surface area is 120 Å². The molecule has 0 aliphatic rings. The molecule has 0 bridgehead atoms. The van der Waals surface area contributed by atoms with Gasteiger partial charge in [-0.2, -0.15) is 5.10 Å². The standard InChI is InChI=1S/C16H24N4/c1-10(2)13(17)15-18-14(19-20-15)11-6-8-12(9-7-11)16(3,4)5/h6-10,13H,17H2,1-5H3,(H,18,19,20)/t13-/m0/s1. The molecule has 0 saturated carbocycles. The third-order valence-electron chi connectivity index (χ3n) is 3.55. The first kappa shape index (κ1) is 14.7. The minimum Gasteiger partial charge on any atom is -0.321 e. The molecule has 0 aliphatic carbocycles. The Morgan fingerprint density at radius 3 is 2.20 bits per heavy atom. The summed E-state index contributed by atoms with van der Waals surface area (Å²) in [4.78, 5) is 4.50. The molecule has 4 nitrogen and oxygen atoms in total. The number of aromatic nitrogens is 3. The van der Waals surface area contributed by atoms with Crippen LogP contribution in [0.4, 0.5) is 0 Å². The molecule has 2 rings (SSSR count). The molecule has 20 heavy (non-hydrogen) atoms. The molecule has 3 N–H and O–H groups in total. The third-order valence-corrected chi connectivity index (χ3v) is 3.55.